The predicted octanol–water partition coefficient (Wildman–Crippen LogP) is 3.84. The van der Waals surface area contributed by atoms with E-state index in [0.29, 0.717) is 0 Å². The number of ether oxygens (including phenoxy) is 1. The first kappa shape index (κ1) is 14.9. The number of aromatic amines is 1. The average molecular weight is 274 g/mol. The number of fused-ring (bicyclic) bond motifs is 1. The highest BCUT2D eigenvalue weighted by molar-refractivity contribution is 5.88. The van der Waals surface area contributed by atoms with Crippen LogP contribution in [0, 0.1) is 0 Å². The van der Waals surface area contributed by atoms with Crippen LogP contribution in [0.1, 0.15) is 32.3 Å². The lowest BCUT2D eigenvalue weighted by Gasteiger charge is -2.20. The summed E-state index contributed by atoms with van der Waals surface area (Å²) >= 11 is 0. The number of rotatable bonds is 8. The van der Waals surface area contributed by atoms with Crippen LogP contribution in [0.15, 0.2) is 24.4 Å². The zero-order chi connectivity index (χ0) is 14.4. The molecular formula is C17H26N2O. The minimum atomic E-state index is 0.924. The molecule has 0 atom stereocenters. The van der Waals surface area contributed by atoms with Gasteiger partial charge in [-0.15, -0.1) is 0 Å². The van der Waals surface area contributed by atoms with Crippen molar-refractivity contribution >= 4 is 10.9 Å². The molecular weight excluding hydrogens is 248 g/mol. The molecule has 3 heteroatoms. The highest BCUT2D eigenvalue weighted by Crippen LogP contribution is 2.27. The molecule has 0 aliphatic carbocycles. The average Bonchev–Trinajstić information content (AvgIpc) is 2.88. The summed E-state index contributed by atoms with van der Waals surface area (Å²) in [6.45, 7) is 8.02. The number of hydrogen-bond donors (Lipinski definition) is 1. The molecule has 0 radical (unpaired) electrons. The number of para-hydroxylation sites is 1. The lowest BCUT2D eigenvalue weighted by Crippen LogP contribution is -2.27. The molecule has 3 nitrogen and oxygen atoms in total. The second kappa shape index (κ2) is 7.34. The van der Waals surface area contributed by atoms with E-state index in [-0.39, 0.29) is 0 Å². The molecule has 0 fully saturated rings. The zero-order valence-electron chi connectivity index (χ0n) is 12.9. The Hall–Kier alpha value is -1.48. The molecule has 0 saturated heterocycles. The quantitative estimate of drug-likeness (QED) is 0.792. The summed E-state index contributed by atoms with van der Waals surface area (Å²) < 4.78 is 5.40. The van der Waals surface area contributed by atoms with E-state index in [2.05, 4.69) is 42.1 Å². The van der Waals surface area contributed by atoms with E-state index in [0.717, 1.165) is 24.2 Å². The van der Waals surface area contributed by atoms with Gasteiger partial charge in [0.1, 0.15) is 5.75 Å². The molecule has 2 aromatic rings. The molecule has 0 unspecified atom stereocenters. The summed E-state index contributed by atoms with van der Waals surface area (Å²) in [6.07, 6.45) is 5.67. The van der Waals surface area contributed by atoms with Gasteiger partial charge in [-0.2, -0.15) is 0 Å². The van der Waals surface area contributed by atoms with Crippen molar-refractivity contribution in [2.24, 2.45) is 0 Å². The topological polar surface area (TPSA) is 28.3 Å². The molecule has 0 aliphatic rings. The van der Waals surface area contributed by atoms with Crippen LogP contribution in [0.4, 0.5) is 0 Å². The number of benzene rings is 1. The van der Waals surface area contributed by atoms with Gasteiger partial charge in [-0.25, -0.2) is 0 Å². The lowest BCUT2D eigenvalue weighted by atomic mass is 10.1. The summed E-state index contributed by atoms with van der Waals surface area (Å²) in [5.74, 6) is 0.924. The van der Waals surface area contributed by atoms with Gasteiger partial charge in [-0.05, 0) is 44.0 Å². The Morgan fingerprint density at radius 3 is 2.50 bits per heavy atom. The third kappa shape index (κ3) is 3.34. The Morgan fingerprint density at radius 1 is 1.10 bits per heavy atom. The largest absolute Gasteiger partial charge is 0.495 e. The Labute approximate surface area is 121 Å². The van der Waals surface area contributed by atoms with Gasteiger partial charge >= 0.3 is 0 Å². The maximum Gasteiger partial charge on any atom is 0.142 e. The number of methoxy groups -OCH3 is 1. The molecule has 20 heavy (non-hydrogen) atoms. The van der Waals surface area contributed by atoms with Crippen LogP contribution in [-0.4, -0.2) is 36.6 Å². The van der Waals surface area contributed by atoms with Gasteiger partial charge in [-0.3, -0.25) is 0 Å². The van der Waals surface area contributed by atoms with E-state index in [1.54, 1.807) is 7.11 Å². The van der Waals surface area contributed by atoms with Gasteiger partial charge in [0.25, 0.3) is 0 Å². The van der Waals surface area contributed by atoms with Crippen molar-refractivity contribution in [3.63, 3.8) is 0 Å². The van der Waals surface area contributed by atoms with Gasteiger partial charge in [0, 0.05) is 18.1 Å². The fourth-order valence-electron chi connectivity index (χ4n) is 2.81. The fraction of sp³-hybridized carbons (Fsp3) is 0.529. The SMILES string of the molecule is CCCN(CCC)CCc1c[nH]c2c(OC)cccc12. The fourth-order valence-corrected chi connectivity index (χ4v) is 2.81. The summed E-state index contributed by atoms with van der Waals surface area (Å²) in [4.78, 5) is 5.91. The van der Waals surface area contributed by atoms with E-state index in [1.807, 2.05) is 6.07 Å². The van der Waals surface area contributed by atoms with Gasteiger partial charge in [0.05, 0.1) is 12.6 Å². The van der Waals surface area contributed by atoms with Crippen molar-refractivity contribution in [1.82, 2.24) is 9.88 Å². The minimum absolute atomic E-state index is 0.924. The Balaban J connectivity index is 2.09. The van der Waals surface area contributed by atoms with Crippen LogP contribution < -0.4 is 4.74 Å². The van der Waals surface area contributed by atoms with Crippen LogP contribution >= 0.6 is 0 Å². The first-order valence-electron chi connectivity index (χ1n) is 7.65. The predicted molar refractivity (Wildman–Crippen MR) is 85.6 cm³/mol. The van der Waals surface area contributed by atoms with Crippen molar-refractivity contribution in [2.75, 3.05) is 26.7 Å². The van der Waals surface area contributed by atoms with Gasteiger partial charge in [-0.1, -0.05) is 26.0 Å². The molecule has 110 valence electrons. The van der Waals surface area contributed by atoms with E-state index in [1.165, 1.54) is 36.9 Å². The first-order chi connectivity index (χ1) is 9.80. The van der Waals surface area contributed by atoms with Crippen LogP contribution in [0.25, 0.3) is 10.9 Å². The van der Waals surface area contributed by atoms with Crippen molar-refractivity contribution in [3.05, 3.63) is 30.0 Å². The van der Waals surface area contributed by atoms with E-state index in [9.17, 15) is 0 Å². The van der Waals surface area contributed by atoms with Crippen LogP contribution in [-0.2, 0) is 6.42 Å². The zero-order valence-corrected chi connectivity index (χ0v) is 12.9. The molecule has 0 spiro atoms. The van der Waals surface area contributed by atoms with Gasteiger partial charge in [0.15, 0.2) is 0 Å². The number of nitrogens with one attached hydrogen (secondary N) is 1. The third-order valence-corrected chi connectivity index (χ3v) is 3.76. The first-order valence-corrected chi connectivity index (χ1v) is 7.65. The second-order valence-corrected chi connectivity index (χ2v) is 5.29. The van der Waals surface area contributed by atoms with Gasteiger partial charge in [0.2, 0.25) is 0 Å². The van der Waals surface area contributed by atoms with Crippen molar-refractivity contribution in [1.29, 1.82) is 0 Å². The van der Waals surface area contributed by atoms with Crippen molar-refractivity contribution in [2.45, 2.75) is 33.1 Å². The normalized spacial score (nSPS) is 11.4. The van der Waals surface area contributed by atoms with Crippen LogP contribution in [0.2, 0.25) is 0 Å². The minimum Gasteiger partial charge on any atom is -0.495 e. The third-order valence-electron chi connectivity index (χ3n) is 3.76. The molecule has 1 N–H and O–H groups in total. The number of hydrogen-bond acceptors (Lipinski definition) is 2. The number of aromatic nitrogens is 1. The van der Waals surface area contributed by atoms with Gasteiger partial charge < -0.3 is 14.6 Å². The summed E-state index contributed by atoms with van der Waals surface area (Å²) in [5, 5.41) is 1.29. The lowest BCUT2D eigenvalue weighted by molar-refractivity contribution is 0.278. The molecule has 1 aromatic carbocycles. The van der Waals surface area contributed by atoms with E-state index in [4.69, 9.17) is 4.74 Å². The summed E-state index contributed by atoms with van der Waals surface area (Å²) in [7, 11) is 1.72. The molecule has 0 aliphatic heterocycles. The maximum absolute atomic E-state index is 5.40. The van der Waals surface area contributed by atoms with Crippen LogP contribution in [0.3, 0.4) is 0 Å². The molecule has 0 saturated carbocycles. The summed E-state index contributed by atoms with van der Waals surface area (Å²) in [6, 6.07) is 6.24. The van der Waals surface area contributed by atoms with Crippen LogP contribution in [0.5, 0.6) is 5.75 Å². The monoisotopic (exact) mass is 274 g/mol. The molecule has 0 amide bonds. The standard InChI is InChI=1S/C17H26N2O/c1-4-10-19(11-5-2)12-9-14-13-18-17-15(14)7-6-8-16(17)20-3/h6-8,13,18H,4-5,9-12H2,1-3H3. The molecule has 2 rings (SSSR count). The van der Waals surface area contributed by atoms with E-state index >= 15 is 0 Å². The number of H-pyrrole nitrogens is 1. The molecule has 1 aromatic heterocycles. The van der Waals surface area contributed by atoms with Crippen molar-refractivity contribution < 1.29 is 4.74 Å². The number of nitrogens with zero attached hydrogens (tertiary/aromatic N) is 1. The van der Waals surface area contributed by atoms with Crippen molar-refractivity contribution in [3.8, 4) is 5.75 Å². The maximum atomic E-state index is 5.40. The second-order valence-electron chi connectivity index (χ2n) is 5.29. The molecule has 0 bridgehead atoms. The Kier molecular flexibility index (Phi) is 5.48. The Morgan fingerprint density at radius 2 is 1.85 bits per heavy atom. The summed E-state index contributed by atoms with van der Waals surface area (Å²) in [5.41, 5.74) is 2.50. The smallest absolute Gasteiger partial charge is 0.142 e. The highest BCUT2D eigenvalue weighted by atomic mass is 16.5. The highest BCUT2D eigenvalue weighted by Gasteiger charge is 2.09. The van der Waals surface area contributed by atoms with E-state index < -0.39 is 0 Å². The Bertz CT molecular complexity index is 527. The molecule has 1 heterocycles.